The Labute approximate surface area is 215 Å². The molecule has 0 bridgehead atoms. The van der Waals surface area contributed by atoms with E-state index < -0.39 is 0 Å². The van der Waals surface area contributed by atoms with Crippen LogP contribution in [0.25, 0.3) is 49.7 Å². The zero-order chi connectivity index (χ0) is 22.5. The van der Waals surface area contributed by atoms with Gasteiger partial charge in [-0.05, 0) is 36.0 Å². The maximum Gasteiger partial charge on any atom is 2.00 e. The van der Waals surface area contributed by atoms with Gasteiger partial charge in [0.25, 0.3) is 0 Å². The smallest absolute Gasteiger partial charge is 0.497 e. The fourth-order valence-electron chi connectivity index (χ4n) is 4.43. The van der Waals surface area contributed by atoms with Crippen LogP contribution in [0, 0.1) is 12.1 Å². The second-order valence-electron chi connectivity index (χ2n) is 7.99. The van der Waals surface area contributed by atoms with E-state index in [1.807, 2.05) is 79.0 Å². The van der Waals surface area contributed by atoms with Gasteiger partial charge in [0.1, 0.15) is 0 Å². The molecule has 3 aromatic carbocycles. The minimum atomic E-state index is 0. The molecule has 7 rings (SSSR count). The molecule has 0 saturated carbocycles. The van der Waals surface area contributed by atoms with Crippen LogP contribution in [0.5, 0.6) is 11.5 Å². The minimum absolute atomic E-state index is 0. The molecule has 0 fully saturated rings. The quantitative estimate of drug-likeness (QED) is 0.162. The first-order chi connectivity index (χ1) is 16.8. The van der Waals surface area contributed by atoms with Gasteiger partial charge in [0, 0.05) is 23.9 Å². The van der Waals surface area contributed by atoms with Gasteiger partial charge in [-0.1, -0.05) is 53.2 Å². The Morgan fingerprint density at radius 2 is 1.51 bits per heavy atom. The number of hydrogen-bond acceptors (Lipinski definition) is 4. The van der Waals surface area contributed by atoms with E-state index in [9.17, 15) is 0 Å². The normalized spacial score (nSPS) is 11.2. The minimum Gasteiger partial charge on any atom is -0.497 e. The van der Waals surface area contributed by atoms with Crippen molar-refractivity contribution in [3.05, 3.63) is 109 Å². The molecule has 0 aliphatic rings. The number of rotatable bonds is 3. The van der Waals surface area contributed by atoms with Crippen LogP contribution in [0.3, 0.4) is 0 Å². The molecule has 0 radical (unpaired) electrons. The summed E-state index contributed by atoms with van der Waals surface area (Å²) < 4.78 is 8.33. The Bertz CT molecular complexity index is 1850. The monoisotopic (exact) mass is 631 g/mol. The third kappa shape index (κ3) is 3.56. The molecule has 0 N–H and O–H groups in total. The van der Waals surface area contributed by atoms with Crippen molar-refractivity contribution in [3.63, 3.8) is 0 Å². The van der Waals surface area contributed by atoms with E-state index >= 15 is 0 Å². The number of fused-ring (bicyclic) bond motifs is 8. The van der Waals surface area contributed by atoms with E-state index in [0.29, 0.717) is 11.5 Å². The molecule has 4 heterocycles. The fraction of sp³-hybridized carbons (Fsp3) is 0. The SMILES string of the molecule is [Pt+2].[c-]1c(Oc2[c-]c3c(cc2)c2ncccc2n2c4ccccc4nc32)cccc1-c1ccccn1. The van der Waals surface area contributed by atoms with Crippen LogP contribution in [-0.4, -0.2) is 19.4 Å². The molecule has 0 unspecified atom stereocenters. The standard InChI is InChI=1S/C29H16N4O.Pt/c1-2-11-26-25(10-1)32-29-23-18-21(13-14-22(23)28-27(33(26)29)12-6-16-31-28)34-20-8-5-7-19(17-20)24-9-3-4-15-30-24;/h1-16H;/q-2;+2. The second kappa shape index (κ2) is 8.61. The number of para-hydroxylation sites is 2. The fourth-order valence-corrected chi connectivity index (χ4v) is 4.43. The molecule has 4 aromatic heterocycles. The van der Waals surface area contributed by atoms with Crippen molar-refractivity contribution in [2.24, 2.45) is 0 Å². The maximum absolute atomic E-state index is 6.19. The number of hydrogen-bond donors (Lipinski definition) is 0. The predicted octanol–water partition coefficient (Wildman–Crippen LogP) is 6.64. The number of nitrogens with zero attached hydrogens (tertiary/aromatic N) is 4. The third-order valence-corrected chi connectivity index (χ3v) is 5.91. The molecule has 168 valence electrons. The van der Waals surface area contributed by atoms with Crippen molar-refractivity contribution in [1.82, 2.24) is 19.4 Å². The zero-order valence-electron chi connectivity index (χ0n) is 18.3. The molecule has 35 heavy (non-hydrogen) atoms. The summed E-state index contributed by atoms with van der Waals surface area (Å²) in [6, 6.07) is 34.4. The number of imidazole rings is 1. The molecule has 0 saturated heterocycles. The van der Waals surface area contributed by atoms with Crippen molar-refractivity contribution in [1.29, 1.82) is 0 Å². The number of ether oxygens (including phenoxy) is 1. The molecule has 7 aromatic rings. The Morgan fingerprint density at radius 1 is 0.686 bits per heavy atom. The Balaban J connectivity index is 0.00000229. The Kier molecular flexibility index (Phi) is 5.27. The van der Waals surface area contributed by atoms with Gasteiger partial charge in [-0.15, -0.1) is 29.8 Å². The molecule has 5 nitrogen and oxygen atoms in total. The summed E-state index contributed by atoms with van der Waals surface area (Å²) in [6.07, 6.45) is 3.58. The van der Waals surface area contributed by atoms with Crippen LogP contribution in [0.1, 0.15) is 0 Å². The molecule has 0 spiro atoms. The van der Waals surface area contributed by atoms with E-state index in [-0.39, 0.29) is 21.1 Å². The Morgan fingerprint density at radius 3 is 2.43 bits per heavy atom. The van der Waals surface area contributed by atoms with Gasteiger partial charge >= 0.3 is 21.1 Å². The van der Waals surface area contributed by atoms with E-state index in [0.717, 1.165) is 49.7 Å². The van der Waals surface area contributed by atoms with E-state index in [1.54, 1.807) is 6.20 Å². The van der Waals surface area contributed by atoms with Crippen molar-refractivity contribution < 1.29 is 25.8 Å². The summed E-state index contributed by atoms with van der Waals surface area (Å²) in [4.78, 5) is 14.0. The summed E-state index contributed by atoms with van der Waals surface area (Å²) in [7, 11) is 0. The van der Waals surface area contributed by atoms with Crippen LogP contribution in [0.15, 0.2) is 97.3 Å². The first-order valence-electron chi connectivity index (χ1n) is 11.0. The molecule has 0 amide bonds. The average molecular weight is 632 g/mol. The summed E-state index contributed by atoms with van der Waals surface area (Å²) >= 11 is 0. The number of pyridine rings is 3. The average Bonchev–Trinajstić information content (AvgIpc) is 3.30. The van der Waals surface area contributed by atoms with Gasteiger partial charge in [0.05, 0.1) is 27.7 Å². The number of aromatic nitrogens is 4. The van der Waals surface area contributed by atoms with Crippen LogP contribution in [0.4, 0.5) is 0 Å². The van der Waals surface area contributed by atoms with Gasteiger partial charge in [-0.3, -0.25) is 9.97 Å². The van der Waals surface area contributed by atoms with Crippen LogP contribution >= 0.6 is 0 Å². The van der Waals surface area contributed by atoms with Gasteiger partial charge < -0.3 is 14.1 Å². The van der Waals surface area contributed by atoms with Gasteiger partial charge in [-0.2, -0.15) is 0 Å². The van der Waals surface area contributed by atoms with Crippen molar-refractivity contribution in [2.45, 2.75) is 0 Å². The summed E-state index contributed by atoms with van der Waals surface area (Å²) in [6.45, 7) is 0. The topological polar surface area (TPSA) is 52.3 Å². The summed E-state index contributed by atoms with van der Waals surface area (Å²) in [5.41, 5.74) is 6.42. The second-order valence-corrected chi connectivity index (χ2v) is 7.99. The largest absolute Gasteiger partial charge is 2.00 e. The van der Waals surface area contributed by atoms with Gasteiger partial charge in [0.2, 0.25) is 0 Å². The van der Waals surface area contributed by atoms with Crippen LogP contribution in [-0.2, 0) is 21.1 Å². The first-order valence-corrected chi connectivity index (χ1v) is 11.0. The van der Waals surface area contributed by atoms with Crippen LogP contribution < -0.4 is 4.74 Å². The molecule has 0 aliphatic carbocycles. The zero-order valence-corrected chi connectivity index (χ0v) is 20.5. The maximum atomic E-state index is 6.19. The number of benzene rings is 3. The van der Waals surface area contributed by atoms with Crippen molar-refractivity contribution in [2.75, 3.05) is 0 Å². The third-order valence-electron chi connectivity index (χ3n) is 5.91. The summed E-state index contributed by atoms with van der Waals surface area (Å²) in [5, 5.41) is 1.85. The van der Waals surface area contributed by atoms with E-state index in [4.69, 9.17) is 9.72 Å². The first kappa shape index (κ1) is 21.5. The molecular formula is C29H16N4OPt. The predicted molar refractivity (Wildman–Crippen MR) is 133 cm³/mol. The molecular weight excluding hydrogens is 615 g/mol. The molecule has 0 atom stereocenters. The van der Waals surface area contributed by atoms with Crippen molar-refractivity contribution in [3.8, 4) is 22.8 Å². The van der Waals surface area contributed by atoms with Gasteiger partial charge in [-0.25, -0.2) is 0 Å². The van der Waals surface area contributed by atoms with E-state index in [1.165, 1.54) is 0 Å². The summed E-state index contributed by atoms with van der Waals surface area (Å²) in [5.74, 6) is 1.19. The van der Waals surface area contributed by atoms with Crippen molar-refractivity contribution >= 4 is 38.5 Å². The molecule has 6 heteroatoms. The Hall–Kier alpha value is -4.08. The van der Waals surface area contributed by atoms with Crippen LogP contribution in [0.2, 0.25) is 0 Å². The van der Waals surface area contributed by atoms with E-state index in [2.05, 4.69) is 38.6 Å². The van der Waals surface area contributed by atoms with Gasteiger partial charge in [0.15, 0.2) is 0 Å². The molecule has 0 aliphatic heterocycles.